The fourth-order valence-corrected chi connectivity index (χ4v) is 7.75. The maximum atomic E-state index is 13.8. The number of aromatic nitrogens is 10. The average Bonchev–Trinajstić information content (AvgIpc) is 4.22. The van der Waals surface area contributed by atoms with E-state index in [1.807, 2.05) is 35.2 Å². The van der Waals surface area contributed by atoms with Crippen LogP contribution in [0.3, 0.4) is 0 Å². The Morgan fingerprint density at radius 3 is 1.94 bits per heavy atom. The number of anilines is 6. The van der Waals surface area contributed by atoms with Crippen molar-refractivity contribution < 1.29 is 38.1 Å². The minimum Gasteiger partial charge on any atom is -0.422 e. The summed E-state index contributed by atoms with van der Waals surface area (Å²) in [4.78, 5) is 59.0. The summed E-state index contributed by atoms with van der Waals surface area (Å²) in [5.74, 6) is 0.617. The molecule has 350 valence electrons. The molecule has 2 saturated heterocycles. The lowest BCUT2D eigenvalue weighted by Crippen LogP contribution is -2.38. The van der Waals surface area contributed by atoms with Gasteiger partial charge in [0.1, 0.15) is 30.0 Å². The van der Waals surface area contributed by atoms with Gasteiger partial charge in [-0.15, -0.1) is 0 Å². The van der Waals surface area contributed by atoms with E-state index in [0.717, 1.165) is 5.56 Å². The predicted molar refractivity (Wildman–Crippen MR) is 247 cm³/mol. The second-order valence-electron chi connectivity index (χ2n) is 15.9. The SMILES string of the molecule is Cn1cc(-c2cccc(NC(=O)c3cc4oc(NCCOCn5cc(-c6cccc(NC(=O)c7cc8oc(NCCO)nc8nc7N7CC[C@@H](O)C7)n6)cn5)nc4nc3N3CCOCC3)n2)cn1. The molecular formula is C44H46N16O8. The van der Waals surface area contributed by atoms with E-state index in [1.165, 1.54) is 0 Å². The van der Waals surface area contributed by atoms with Gasteiger partial charge in [0.05, 0.1) is 67.4 Å². The van der Waals surface area contributed by atoms with Crippen molar-refractivity contribution in [2.75, 3.05) is 96.8 Å². The van der Waals surface area contributed by atoms with Crippen molar-refractivity contribution in [2.24, 2.45) is 7.05 Å². The number of pyridine rings is 4. The van der Waals surface area contributed by atoms with Crippen LogP contribution in [0, 0.1) is 0 Å². The molecule has 10 heterocycles. The summed E-state index contributed by atoms with van der Waals surface area (Å²) in [5, 5.41) is 39.9. The molecule has 0 unspecified atom stereocenters. The van der Waals surface area contributed by atoms with E-state index in [0.29, 0.717) is 109 Å². The molecule has 24 heteroatoms. The number of ether oxygens (including phenoxy) is 2. The molecule has 2 aliphatic rings. The third kappa shape index (κ3) is 9.73. The van der Waals surface area contributed by atoms with Crippen LogP contribution in [0.15, 0.2) is 82.2 Å². The van der Waals surface area contributed by atoms with Crippen LogP contribution >= 0.6 is 0 Å². The van der Waals surface area contributed by atoms with Gasteiger partial charge < -0.3 is 59.6 Å². The van der Waals surface area contributed by atoms with E-state index in [9.17, 15) is 19.8 Å². The zero-order valence-electron chi connectivity index (χ0n) is 36.7. The van der Waals surface area contributed by atoms with Gasteiger partial charge in [-0.2, -0.15) is 20.2 Å². The number of carbonyl (C=O) groups excluding carboxylic acids is 2. The molecule has 0 aromatic carbocycles. The molecule has 68 heavy (non-hydrogen) atoms. The third-order valence-electron chi connectivity index (χ3n) is 11.0. The molecule has 6 N–H and O–H groups in total. The monoisotopic (exact) mass is 926 g/mol. The Labute approximate surface area is 386 Å². The molecule has 24 nitrogen and oxygen atoms in total. The number of nitrogens with zero attached hydrogens (tertiary/aromatic N) is 12. The zero-order valence-corrected chi connectivity index (χ0v) is 36.7. The van der Waals surface area contributed by atoms with Crippen LogP contribution in [0.2, 0.25) is 0 Å². The first-order valence-corrected chi connectivity index (χ1v) is 21.9. The fourth-order valence-electron chi connectivity index (χ4n) is 7.75. The number of β-amino-alcohol motifs (C(OH)–C–C–N with tert-alkyl or cyclic N) is 1. The Bertz CT molecular complexity index is 3090. The van der Waals surface area contributed by atoms with E-state index >= 15 is 0 Å². The maximum absolute atomic E-state index is 13.8. The first-order valence-electron chi connectivity index (χ1n) is 21.9. The summed E-state index contributed by atoms with van der Waals surface area (Å²) in [6.07, 6.45) is 6.97. The predicted octanol–water partition coefficient (Wildman–Crippen LogP) is 3.22. The molecule has 8 aromatic heterocycles. The van der Waals surface area contributed by atoms with Crippen LogP contribution in [0.4, 0.5) is 35.3 Å². The van der Waals surface area contributed by atoms with Gasteiger partial charge in [0, 0.05) is 82.0 Å². The first-order chi connectivity index (χ1) is 33.2. The number of carbonyl (C=O) groups is 2. The normalized spacial score (nSPS) is 15.1. The van der Waals surface area contributed by atoms with Gasteiger partial charge in [-0.3, -0.25) is 14.3 Å². The number of morpholine rings is 1. The number of rotatable bonds is 17. The largest absolute Gasteiger partial charge is 0.422 e. The molecule has 2 amide bonds. The molecule has 2 fully saturated rings. The van der Waals surface area contributed by atoms with Gasteiger partial charge in [-0.05, 0) is 30.7 Å². The Kier molecular flexibility index (Phi) is 12.5. The topological polar surface area (TPSA) is 287 Å². The number of aliphatic hydroxyl groups excluding tert-OH is 2. The number of fused-ring (bicyclic) bond motifs is 2. The fraction of sp³-hybridized carbons (Fsp3) is 0.318. The van der Waals surface area contributed by atoms with Crippen LogP contribution in [0.1, 0.15) is 27.1 Å². The van der Waals surface area contributed by atoms with Gasteiger partial charge in [0.25, 0.3) is 23.8 Å². The van der Waals surface area contributed by atoms with Crippen molar-refractivity contribution in [1.82, 2.24) is 49.5 Å². The van der Waals surface area contributed by atoms with Gasteiger partial charge in [-0.25, -0.2) is 24.6 Å². The number of hydrogen-bond acceptors (Lipinski definition) is 20. The number of nitrogens with one attached hydrogen (secondary N) is 4. The summed E-state index contributed by atoms with van der Waals surface area (Å²) in [5.41, 5.74) is 4.51. The minimum atomic E-state index is -0.552. The minimum absolute atomic E-state index is 0.118. The third-order valence-corrected chi connectivity index (χ3v) is 11.0. The number of amides is 2. The Hall–Kier alpha value is -8.06. The molecular weight excluding hydrogens is 881 g/mol. The lowest BCUT2D eigenvalue weighted by molar-refractivity contribution is 0.0763. The summed E-state index contributed by atoms with van der Waals surface area (Å²) in [7, 11) is 1.83. The lowest BCUT2D eigenvalue weighted by atomic mass is 10.2. The van der Waals surface area contributed by atoms with E-state index in [4.69, 9.17) is 23.3 Å². The molecule has 10 rings (SSSR count). The Morgan fingerprint density at radius 2 is 1.35 bits per heavy atom. The van der Waals surface area contributed by atoms with Crippen molar-refractivity contribution in [1.29, 1.82) is 0 Å². The standard InChI is InChI=1S/C44H46N16O8/c1-57-22-26(20-47-57)31-4-2-6-35(49-31)51-41(63)29-18-33-37(53-39(29)58-12-16-65-17-13-58)56-44(68-33)46-10-15-66-25-60-23-27(21-48-60)32-5-3-7-36(50-32)52-42(64)30-19-34-38(55-43(67-34)45-9-14-61)54-40(30)59-11-8-28(62)24-59/h2-7,18-23,28,61-62H,8-17,24-25H2,1H3,(H,45,54,55)(H,46,53,56)(H,49,51,63)(H,50,52,64)/t28-/m1/s1. The summed E-state index contributed by atoms with van der Waals surface area (Å²) in [6, 6.07) is 14.2. The quantitative estimate of drug-likeness (QED) is 0.0715. The van der Waals surface area contributed by atoms with E-state index in [-0.39, 0.29) is 55.3 Å². The highest BCUT2D eigenvalue weighted by atomic mass is 16.5. The molecule has 8 aromatic rings. The highest BCUT2D eigenvalue weighted by molar-refractivity contribution is 6.09. The lowest BCUT2D eigenvalue weighted by Gasteiger charge is -2.29. The van der Waals surface area contributed by atoms with Crippen LogP contribution in [0.25, 0.3) is 45.0 Å². The summed E-state index contributed by atoms with van der Waals surface area (Å²) < 4.78 is 26.5. The van der Waals surface area contributed by atoms with Crippen molar-refractivity contribution in [2.45, 2.75) is 19.3 Å². The van der Waals surface area contributed by atoms with E-state index in [2.05, 4.69) is 56.4 Å². The van der Waals surface area contributed by atoms with Crippen LogP contribution < -0.4 is 31.1 Å². The molecule has 2 aliphatic heterocycles. The van der Waals surface area contributed by atoms with Gasteiger partial charge in [0.15, 0.2) is 11.2 Å². The number of oxazole rings is 2. The second kappa shape index (κ2) is 19.4. The average molecular weight is 927 g/mol. The van der Waals surface area contributed by atoms with Gasteiger partial charge in [-0.1, -0.05) is 12.1 Å². The first kappa shape index (κ1) is 43.8. The van der Waals surface area contributed by atoms with Crippen LogP contribution in [-0.2, 0) is 23.3 Å². The molecule has 0 aliphatic carbocycles. The Balaban J connectivity index is 0.760. The van der Waals surface area contributed by atoms with Crippen LogP contribution in [-0.4, -0.2) is 143 Å². The number of aryl methyl sites for hydroxylation is 1. The highest BCUT2D eigenvalue weighted by Crippen LogP contribution is 2.31. The molecule has 1 atom stereocenters. The maximum Gasteiger partial charge on any atom is 0.297 e. The van der Waals surface area contributed by atoms with Crippen molar-refractivity contribution in [3.8, 4) is 22.5 Å². The highest BCUT2D eigenvalue weighted by Gasteiger charge is 2.28. The van der Waals surface area contributed by atoms with Crippen LogP contribution in [0.5, 0.6) is 0 Å². The van der Waals surface area contributed by atoms with E-state index in [1.54, 1.807) is 64.4 Å². The smallest absolute Gasteiger partial charge is 0.297 e. The number of hydrogen-bond donors (Lipinski definition) is 6. The molecule has 0 saturated carbocycles. The van der Waals surface area contributed by atoms with Gasteiger partial charge in [0.2, 0.25) is 11.3 Å². The van der Waals surface area contributed by atoms with E-state index < -0.39 is 17.9 Å². The second-order valence-corrected chi connectivity index (χ2v) is 15.9. The van der Waals surface area contributed by atoms with Crippen molar-refractivity contribution >= 4 is 69.6 Å². The molecule has 0 radical (unpaired) electrons. The molecule has 0 spiro atoms. The summed E-state index contributed by atoms with van der Waals surface area (Å²) in [6.45, 7) is 3.77. The van der Waals surface area contributed by atoms with Crippen molar-refractivity contribution in [3.05, 3.63) is 84.4 Å². The summed E-state index contributed by atoms with van der Waals surface area (Å²) >= 11 is 0. The molecule has 0 bridgehead atoms. The van der Waals surface area contributed by atoms with Gasteiger partial charge >= 0.3 is 0 Å². The zero-order chi connectivity index (χ0) is 46.6. The Morgan fingerprint density at radius 1 is 0.750 bits per heavy atom. The van der Waals surface area contributed by atoms with Crippen molar-refractivity contribution in [3.63, 3.8) is 0 Å². The number of aliphatic hydroxyl groups is 2.